The van der Waals surface area contributed by atoms with Crippen molar-refractivity contribution in [2.24, 2.45) is 0 Å². The molecule has 0 saturated heterocycles. The lowest BCUT2D eigenvalue weighted by molar-refractivity contribution is -0.113. The Balaban J connectivity index is 1.55. The standard InChI is InChI=1S/C23H17BrCl2N4OS/c24-16-6-11-20(19(26)13-16)27-22(31)14-32-23-29-28-21(12-15-4-2-1-3-5-15)30(23)18-9-7-17(25)8-10-18/h1-11,13H,12,14H2,(H,27,31). The Morgan fingerprint density at radius 3 is 2.47 bits per heavy atom. The molecule has 1 heterocycles. The van der Waals surface area contributed by atoms with Gasteiger partial charge in [0.25, 0.3) is 0 Å². The number of halogens is 3. The van der Waals surface area contributed by atoms with E-state index in [0.717, 1.165) is 21.5 Å². The van der Waals surface area contributed by atoms with Gasteiger partial charge in [-0.25, -0.2) is 0 Å². The molecular formula is C23H17BrCl2N4OS. The lowest BCUT2D eigenvalue weighted by Crippen LogP contribution is -2.15. The fourth-order valence-electron chi connectivity index (χ4n) is 3.04. The molecule has 1 aromatic heterocycles. The molecule has 3 aromatic carbocycles. The van der Waals surface area contributed by atoms with Crippen LogP contribution in [0.1, 0.15) is 11.4 Å². The Morgan fingerprint density at radius 2 is 1.75 bits per heavy atom. The molecule has 0 aliphatic heterocycles. The topological polar surface area (TPSA) is 59.8 Å². The summed E-state index contributed by atoms with van der Waals surface area (Å²) in [6.45, 7) is 0. The van der Waals surface area contributed by atoms with E-state index in [1.54, 1.807) is 12.1 Å². The van der Waals surface area contributed by atoms with Gasteiger partial charge in [0, 0.05) is 21.6 Å². The van der Waals surface area contributed by atoms with Gasteiger partial charge in [-0.1, -0.05) is 81.2 Å². The van der Waals surface area contributed by atoms with Crippen molar-refractivity contribution in [3.05, 3.63) is 98.7 Å². The monoisotopic (exact) mass is 546 g/mol. The third-order valence-corrected chi connectivity index (χ3v) is 6.51. The zero-order valence-electron chi connectivity index (χ0n) is 16.6. The number of nitrogens with zero attached hydrogens (tertiary/aromatic N) is 3. The van der Waals surface area contributed by atoms with Crippen LogP contribution in [-0.4, -0.2) is 26.4 Å². The van der Waals surface area contributed by atoms with Gasteiger partial charge in [-0.15, -0.1) is 10.2 Å². The maximum atomic E-state index is 12.5. The summed E-state index contributed by atoms with van der Waals surface area (Å²) >= 11 is 16.9. The van der Waals surface area contributed by atoms with Crippen LogP contribution in [0.25, 0.3) is 5.69 Å². The lowest BCUT2D eigenvalue weighted by atomic mass is 10.1. The molecule has 0 aliphatic carbocycles. The summed E-state index contributed by atoms with van der Waals surface area (Å²) in [5.74, 6) is 0.746. The predicted octanol–water partition coefficient (Wildman–Crippen LogP) is 6.66. The molecular weight excluding hydrogens is 531 g/mol. The minimum absolute atomic E-state index is 0.156. The average molecular weight is 548 g/mol. The van der Waals surface area contributed by atoms with Crippen LogP contribution in [-0.2, 0) is 11.2 Å². The number of benzene rings is 3. The summed E-state index contributed by atoms with van der Waals surface area (Å²) in [5, 5.41) is 13.3. The van der Waals surface area contributed by atoms with E-state index in [1.807, 2.05) is 65.2 Å². The molecule has 1 amide bonds. The van der Waals surface area contributed by atoms with Crippen LogP contribution in [0.2, 0.25) is 10.0 Å². The van der Waals surface area contributed by atoms with E-state index in [0.29, 0.717) is 27.3 Å². The van der Waals surface area contributed by atoms with E-state index in [9.17, 15) is 4.79 Å². The minimum atomic E-state index is -0.186. The highest BCUT2D eigenvalue weighted by Crippen LogP contribution is 2.27. The molecule has 162 valence electrons. The van der Waals surface area contributed by atoms with Gasteiger partial charge in [-0.3, -0.25) is 9.36 Å². The first-order valence-corrected chi connectivity index (χ1v) is 12.1. The molecule has 0 bridgehead atoms. The van der Waals surface area contributed by atoms with Crippen molar-refractivity contribution in [1.82, 2.24) is 14.8 Å². The number of carbonyl (C=O) groups is 1. The number of anilines is 1. The largest absolute Gasteiger partial charge is 0.324 e. The molecule has 0 aliphatic rings. The molecule has 4 rings (SSSR count). The smallest absolute Gasteiger partial charge is 0.234 e. The summed E-state index contributed by atoms with van der Waals surface area (Å²) in [7, 11) is 0. The molecule has 0 saturated carbocycles. The maximum absolute atomic E-state index is 12.5. The van der Waals surface area contributed by atoms with Crippen molar-refractivity contribution >= 4 is 62.5 Å². The first-order valence-electron chi connectivity index (χ1n) is 9.61. The van der Waals surface area contributed by atoms with Gasteiger partial charge in [0.05, 0.1) is 16.5 Å². The second kappa shape index (κ2) is 10.5. The molecule has 32 heavy (non-hydrogen) atoms. The summed E-state index contributed by atoms with van der Waals surface area (Å²) in [4.78, 5) is 12.5. The predicted molar refractivity (Wildman–Crippen MR) is 134 cm³/mol. The van der Waals surface area contributed by atoms with Gasteiger partial charge in [0.1, 0.15) is 5.82 Å². The van der Waals surface area contributed by atoms with Crippen molar-refractivity contribution in [3.8, 4) is 5.69 Å². The number of thioether (sulfide) groups is 1. The highest BCUT2D eigenvalue weighted by Gasteiger charge is 2.17. The van der Waals surface area contributed by atoms with Crippen molar-refractivity contribution in [2.75, 3.05) is 11.1 Å². The molecule has 0 fully saturated rings. The van der Waals surface area contributed by atoms with E-state index in [1.165, 1.54) is 11.8 Å². The highest BCUT2D eigenvalue weighted by molar-refractivity contribution is 9.10. The van der Waals surface area contributed by atoms with Gasteiger partial charge in [-0.2, -0.15) is 0 Å². The normalized spacial score (nSPS) is 10.8. The first kappa shape index (κ1) is 22.9. The van der Waals surface area contributed by atoms with Gasteiger partial charge in [0.2, 0.25) is 5.91 Å². The Kier molecular flexibility index (Phi) is 7.52. The molecule has 1 N–H and O–H groups in total. The van der Waals surface area contributed by atoms with Crippen LogP contribution in [0.15, 0.2) is 82.4 Å². The van der Waals surface area contributed by atoms with Gasteiger partial charge >= 0.3 is 0 Å². The molecule has 4 aromatic rings. The molecule has 0 unspecified atom stereocenters. The number of nitrogens with one attached hydrogen (secondary N) is 1. The first-order chi connectivity index (χ1) is 15.5. The van der Waals surface area contributed by atoms with Crippen LogP contribution >= 0.6 is 50.9 Å². The number of hydrogen-bond acceptors (Lipinski definition) is 4. The van der Waals surface area contributed by atoms with E-state index in [2.05, 4.69) is 31.4 Å². The molecule has 5 nitrogen and oxygen atoms in total. The second-order valence-electron chi connectivity index (χ2n) is 6.83. The van der Waals surface area contributed by atoms with E-state index < -0.39 is 0 Å². The number of amides is 1. The third kappa shape index (κ3) is 5.72. The summed E-state index contributed by atoms with van der Waals surface area (Å²) in [5.41, 5.74) is 2.56. The number of carbonyl (C=O) groups excluding carboxylic acids is 1. The van der Waals surface area contributed by atoms with E-state index in [4.69, 9.17) is 23.2 Å². The average Bonchev–Trinajstić information content (AvgIpc) is 3.18. The van der Waals surface area contributed by atoms with Crippen molar-refractivity contribution in [1.29, 1.82) is 0 Å². The second-order valence-corrected chi connectivity index (χ2v) is 9.54. The van der Waals surface area contributed by atoms with E-state index >= 15 is 0 Å². The zero-order chi connectivity index (χ0) is 22.5. The number of rotatable bonds is 7. The Hall–Kier alpha value is -2.32. The molecule has 9 heteroatoms. The van der Waals surface area contributed by atoms with Crippen LogP contribution in [0.5, 0.6) is 0 Å². The third-order valence-electron chi connectivity index (χ3n) is 4.53. The number of aromatic nitrogens is 3. The van der Waals surface area contributed by atoms with Crippen LogP contribution in [0, 0.1) is 0 Å². The summed E-state index contributed by atoms with van der Waals surface area (Å²) in [6.07, 6.45) is 0.609. The van der Waals surface area contributed by atoms with Gasteiger partial charge in [-0.05, 0) is 48.0 Å². The van der Waals surface area contributed by atoms with Crippen molar-refractivity contribution in [3.63, 3.8) is 0 Å². The SMILES string of the molecule is O=C(CSc1nnc(Cc2ccccc2)n1-c1ccc(Cl)cc1)Nc1ccc(Br)cc1Cl. The minimum Gasteiger partial charge on any atom is -0.324 e. The van der Waals surface area contributed by atoms with Crippen molar-refractivity contribution < 1.29 is 4.79 Å². The van der Waals surface area contributed by atoms with Crippen molar-refractivity contribution in [2.45, 2.75) is 11.6 Å². The Labute approximate surface area is 208 Å². The molecule has 0 atom stereocenters. The van der Waals surface area contributed by atoms with E-state index in [-0.39, 0.29) is 11.7 Å². The number of hydrogen-bond donors (Lipinski definition) is 1. The van der Waals surface area contributed by atoms with Crippen LogP contribution < -0.4 is 5.32 Å². The van der Waals surface area contributed by atoms with Crippen LogP contribution in [0.3, 0.4) is 0 Å². The lowest BCUT2D eigenvalue weighted by Gasteiger charge is -2.11. The van der Waals surface area contributed by atoms with Gasteiger partial charge in [0.15, 0.2) is 5.16 Å². The Morgan fingerprint density at radius 1 is 1.00 bits per heavy atom. The summed E-state index contributed by atoms with van der Waals surface area (Å²) in [6, 6.07) is 22.8. The van der Waals surface area contributed by atoms with Crippen LogP contribution in [0.4, 0.5) is 5.69 Å². The summed E-state index contributed by atoms with van der Waals surface area (Å²) < 4.78 is 2.80. The highest BCUT2D eigenvalue weighted by atomic mass is 79.9. The quantitative estimate of drug-likeness (QED) is 0.263. The fourth-order valence-corrected chi connectivity index (χ4v) is 4.66. The zero-order valence-corrected chi connectivity index (χ0v) is 20.5. The maximum Gasteiger partial charge on any atom is 0.234 e. The Bertz CT molecular complexity index is 1230. The van der Waals surface area contributed by atoms with Gasteiger partial charge < -0.3 is 5.32 Å². The molecule has 0 spiro atoms. The fraction of sp³-hybridized carbons (Fsp3) is 0.0870. The molecule has 0 radical (unpaired) electrons.